The quantitative estimate of drug-likeness (QED) is 0.365. The van der Waals surface area contributed by atoms with Gasteiger partial charge in [-0.05, 0) is 38.2 Å². The minimum Gasteiger partial charge on any atom is -0.458 e. The fraction of sp³-hybridized carbons (Fsp3) is 0.579. The molecule has 2 heterocycles. The van der Waals surface area contributed by atoms with E-state index in [9.17, 15) is 14.7 Å². The van der Waals surface area contributed by atoms with Crippen LogP contribution in [0.5, 0.6) is 0 Å². The minimum atomic E-state index is -0.793. The van der Waals surface area contributed by atoms with Crippen LogP contribution in [0.1, 0.15) is 39.5 Å². The van der Waals surface area contributed by atoms with Gasteiger partial charge in [0.1, 0.15) is 6.10 Å². The maximum atomic E-state index is 12.3. The van der Waals surface area contributed by atoms with Gasteiger partial charge in [0.2, 0.25) is 0 Å². The van der Waals surface area contributed by atoms with Crippen LogP contribution in [0.4, 0.5) is 0 Å². The molecular weight excluding hydrogens is 324 g/mol. The highest BCUT2D eigenvalue weighted by atomic mass is 16.7. The zero-order valence-electron chi connectivity index (χ0n) is 14.4. The molecule has 0 spiro atoms. The summed E-state index contributed by atoms with van der Waals surface area (Å²) in [7, 11) is 0. The number of rotatable bonds is 3. The summed E-state index contributed by atoms with van der Waals surface area (Å²) in [6, 6.07) is 0. The summed E-state index contributed by atoms with van der Waals surface area (Å²) >= 11 is 0. The molecule has 0 saturated carbocycles. The van der Waals surface area contributed by atoms with Gasteiger partial charge in [0.05, 0.1) is 18.4 Å². The normalized spacial score (nSPS) is 38.4. The first-order valence-electron chi connectivity index (χ1n) is 8.72. The zero-order chi connectivity index (χ0) is 17.8. The van der Waals surface area contributed by atoms with Gasteiger partial charge in [0, 0.05) is 23.0 Å². The third kappa shape index (κ3) is 2.51. The van der Waals surface area contributed by atoms with Crippen LogP contribution < -0.4 is 0 Å². The molecule has 134 valence electrons. The predicted octanol–water partition coefficient (Wildman–Crippen LogP) is 2.14. The van der Waals surface area contributed by atoms with Crippen molar-refractivity contribution in [1.82, 2.24) is 0 Å². The Labute approximate surface area is 146 Å². The lowest BCUT2D eigenvalue weighted by Crippen LogP contribution is -2.33. The highest BCUT2D eigenvalue weighted by Gasteiger charge is 2.53. The van der Waals surface area contributed by atoms with Crippen molar-refractivity contribution in [3.63, 3.8) is 0 Å². The lowest BCUT2D eigenvalue weighted by molar-refractivity contribution is -0.152. The van der Waals surface area contributed by atoms with E-state index in [2.05, 4.69) is 0 Å². The van der Waals surface area contributed by atoms with E-state index >= 15 is 0 Å². The summed E-state index contributed by atoms with van der Waals surface area (Å²) in [6.07, 6.45) is 5.56. The molecule has 4 rings (SSSR count). The maximum absolute atomic E-state index is 12.3. The third-order valence-electron chi connectivity index (χ3n) is 5.83. The molecule has 0 aromatic heterocycles. The number of esters is 2. The van der Waals surface area contributed by atoms with E-state index in [1.165, 1.54) is 11.8 Å². The van der Waals surface area contributed by atoms with Crippen molar-refractivity contribution in [3.05, 3.63) is 34.6 Å². The van der Waals surface area contributed by atoms with Crippen LogP contribution in [0.2, 0.25) is 0 Å². The lowest BCUT2D eigenvalue weighted by atomic mass is 9.71. The Morgan fingerprint density at radius 1 is 1.36 bits per heavy atom. The van der Waals surface area contributed by atoms with Gasteiger partial charge in [-0.25, -0.2) is 9.59 Å². The van der Waals surface area contributed by atoms with Crippen molar-refractivity contribution in [2.45, 2.75) is 51.9 Å². The highest BCUT2D eigenvalue weighted by Crippen LogP contribution is 2.54. The Kier molecular flexibility index (Phi) is 3.76. The largest absolute Gasteiger partial charge is 0.458 e. The van der Waals surface area contributed by atoms with Gasteiger partial charge in [-0.2, -0.15) is 0 Å². The number of hydrogen-bond acceptors (Lipinski definition) is 6. The van der Waals surface area contributed by atoms with E-state index < -0.39 is 18.2 Å². The second-order valence-corrected chi connectivity index (χ2v) is 7.56. The molecule has 0 radical (unpaired) electrons. The SMILES string of the molecule is CC1=CC(OC=C2C(=O)OC3C4=C(CCCC4(C)CO)CC23)OC1=O. The maximum Gasteiger partial charge on any atom is 0.338 e. The molecule has 6 nitrogen and oxygen atoms in total. The highest BCUT2D eigenvalue weighted by molar-refractivity contribution is 5.92. The molecule has 4 atom stereocenters. The Bertz CT molecular complexity index is 730. The summed E-state index contributed by atoms with van der Waals surface area (Å²) < 4.78 is 16.2. The summed E-state index contributed by atoms with van der Waals surface area (Å²) in [5, 5.41) is 9.88. The van der Waals surface area contributed by atoms with Crippen LogP contribution in [-0.4, -0.2) is 36.0 Å². The molecule has 4 aliphatic rings. The van der Waals surface area contributed by atoms with Crippen molar-refractivity contribution in [3.8, 4) is 0 Å². The second-order valence-electron chi connectivity index (χ2n) is 7.56. The molecule has 2 aliphatic heterocycles. The van der Waals surface area contributed by atoms with Crippen molar-refractivity contribution in [2.24, 2.45) is 11.3 Å². The van der Waals surface area contributed by atoms with Gasteiger partial charge >= 0.3 is 11.9 Å². The molecule has 2 aliphatic carbocycles. The number of cyclic esters (lactones) is 1. The number of allylic oxidation sites excluding steroid dienone is 1. The number of aliphatic hydroxyl groups is 1. The fourth-order valence-corrected chi connectivity index (χ4v) is 4.48. The zero-order valence-corrected chi connectivity index (χ0v) is 14.4. The first-order valence-corrected chi connectivity index (χ1v) is 8.72. The van der Waals surface area contributed by atoms with Crippen LogP contribution in [0, 0.1) is 11.3 Å². The summed E-state index contributed by atoms with van der Waals surface area (Å²) in [4.78, 5) is 23.7. The van der Waals surface area contributed by atoms with Gasteiger partial charge < -0.3 is 19.3 Å². The van der Waals surface area contributed by atoms with Crippen LogP contribution in [0.3, 0.4) is 0 Å². The molecule has 0 aromatic carbocycles. The van der Waals surface area contributed by atoms with E-state index in [0.717, 1.165) is 31.3 Å². The smallest absolute Gasteiger partial charge is 0.338 e. The topological polar surface area (TPSA) is 82.1 Å². The van der Waals surface area contributed by atoms with Gasteiger partial charge in [-0.3, -0.25) is 0 Å². The summed E-state index contributed by atoms with van der Waals surface area (Å²) in [6.45, 7) is 3.76. The summed E-state index contributed by atoms with van der Waals surface area (Å²) in [5.74, 6) is -0.881. The predicted molar refractivity (Wildman–Crippen MR) is 86.9 cm³/mol. The first-order chi connectivity index (χ1) is 11.9. The van der Waals surface area contributed by atoms with Crippen LogP contribution in [-0.2, 0) is 23.8 Å². The molecule has 25 heavy (non-hydrogen) atoms. The number of fused-ring (bicyclic) bond motifs is 2. The lowest BCUT2D eigenvalue weighted by Gasteiger charge is -2.36. The molecule has 1 fully saturated rings. The van der Waals surface area contributed by atoms with Gasteiger partial charge in [0.25, 0.3) is 6.29 Å². The van der Waals surface area contributed by atoms with E-state index in [1.807, 2.05) is 6.92 Å². The first kappa shape index (κ1) is 16.4. The monoisotopic (exact) mass is 346 g/mol. The average molecular weight is 346 g/mol. The fourth-order valence-electron chi connectivity index (χ4n) is 4.48. The molecule has 6 heteroatoms. The molecular formula is C19H22O6. The van der Waals surface area contributed by atoms with Crippen LogP contribution in [0.15, 0.2) is 34.6 Å². The number of ether oxygens (including phenoxy) is 3. The van der Waals surface area contributed by atoms with E-state index in [0.29, 0.717) is 11.1 Å². The Hall–Kier alpha value is -2.08. The number of carbonyl (C=O) groups is 2. The van der Waals surface area contributed by atoms with Gasteiger partial charge in [0.15, 0.2) is 0 Å². The Morgan fingerprint density at radius 3 is 2.84 bits per heavy atom. The molecule has 1 N–H and O–H groups in total. The van der Waals surface area contributed by atoms with Crippen LogP contribution in [0.25, 0.3) is 0 Å². The minimum absolute atomic E-state index is 0.0598. The van der Waals surface area contributed by atoms with Crippen molar-refractivity contribution in [2.75, 3.05) is 6.61 Å². The number of hydrogen-bond donors (Lipinski definition) is 1. The van der Waals surface area contributed by atoms with Crippen molar-refractivity contribution in [1.29, 1.82) is 0 Å². The Balaban J connectivity index is 1.56. The van der Waals surface area contributed by atoms with E-state index in [-0.39, 0.29) is 24.0 Å². The van der Waals surface area contributed by atoms with Gasteiger partial charge in [-0.1, -0.05) is 12.5 Å². The van der Waals surface area contributed by atoms with E-state index in [4.69, 9.17) is 14.2 Å². The molecule has 1 saturated heterocycles. The van der Waals surface area contributed by atoms with E-state index in [1.54, 1.807) is 13.0 Å². The molecule has 0 bridgehead atoms. The standard InChI is InChI=1S/C19H22O6/c1-10-6-14(24-17(10)21)23-8-13-12-7-11-4-3-5-19(2,9-20)15(11)16(12)25-18(13)22/h6,8,12,14,16,20H,3-5,7,9H2,1-2H3. The average Bonchev–Trinajstić information content (AvgIpc) is 3.18. The number of aliphatic hydroxyl groups excluding tert-OH is 1. The molecule has 0 aromatic rings. The molecule has 4 unspecified atom stereocenters. The Morgan fingerprint density at radius 2 is 2.16 bits per heavy atom. The van der Waals surface area contributed by atoms with Crippen molar-refractivity contribution < 1.29 is 28.9 Å². The third-order valence-corrected chi connectivity index (χ3v) is 5.83. The van der Waals surface area contributed by atoms with Gasteiger partial charge in [-0.15, -0.1) is 0 Å². The van der Waals surface area contributed by atoms with Crippen molar-refractivity contribution >= 4 is 11.9 Å². The molecule has 0 amide bonds. The second kappa shape index (κ2) is 5.73. The van der Waals surface area contributed by atoms with Crippen LogP contribution >= 0.6 is 0 Å². The number of carbonyl (C=O) groups excluding carboxylic acids is 2. The summed E-state index contributed by atoms with van der Waals surface area (Å²) in [5.41, 5.74) is 3.07.